The highest BCUT2D eigenvalue weighted by molar-refractivity contribution is 7.09. The summed E-state index contributed by atoms with van der Waals surface area (Å²) in [6.45, 7) is 3.17. The van der Waals surface area contributed by atoms with E-state index in [0.717, 1.165) is 68.2 Å². The summed E-state index contributed by atoms with van der Waals surface area (Å²) in [7, 11) is 0. The van der Waals surface area contributed by atoms with Crippen LogP contribution in [-0.2, 0) is 12.8 Å². The number of hydrogen-bond acceptors (Lipinski definition) is 4. The standard InChI is InChI=1S/C27H29N3OS/c31-27-25-13-5-4-12-24(25)26(20-23-11-7-19-32-23)28-30(27)22-10-6-16-29(18-15-22)17-14-21-8-2-1-3-9-21/h1-5,7-9,11-13,19,22H,6,10,14-18,20H2. The molecule has 3 heterocycles. The van der Waals surface area contributed by atoms with Gasteiger partial charge in [0.25, 0.3) is 5.56 Å². The molecule has 5 heteroatoms. The first-order valence-electron chi connectivity index (χ1n) is 11.6. The molecule has 1 aliphatic rings. The molecule has 2 aromatic carbocycles. The van der Waals surface area contributed by atoms with Crippen LogP contribution >= 0.6 is 11.3 Å². The van der Waals surface area contributed by atoms with Crippen LogP contribution in [0.25, 0.3) is 10.8 Å². The molecule has 5 rings (SSSR count). The predicted octanol–water partition coefficient (Wildman–Crippen LogP) is 5.32. The van der Waals surface area contributed by atoms with Gasteiger partial charge < -0.3 is 4.90 Å². The number of thiophene rings is 1. The molecule has 0 amide bonds. The Morgan fingerprint density at radius 3 is 2.53 bits per heavy atom. The topological polar surface area (TPSA) is 38.1 Å². The van der Waals surface area contributed by atoms with Crippen LogP contribution in [0.2, 0.25) is 0 Å². The summed E-state index contributed by atoms with van der Waals surface area (Å²) in [4.78, 5) is 17.2. The Morgan fingerprint density at radius 2 is 1.72 bits per heavy atom. The number of likely N-dealkylation sites (tertiary alicyclic amines) is 1. The molecule has 1 unspecified atom stereocenters. The Kier molecular flexibility index (Phi) is 6.46. The molecular weight excluding hydrogens is 414 g/mol. The summed E-state index contributed by atoms with van der Waals surface area (Å²) in [5, 5.41) is 8.83. The number of hydrogen-bond donors (Lipinski definition) is 0. The van der Waals surface area contributed by atoms with Gasteiger partial charge in [-0.3, -0.25) is 4.79 Å². The second-order valence-corrected chi connectivity index (χ2v) is 9.69. The smallest absolute Gasteiger partial charge is 0.274 e. The minimum atomic E-state index is 0.0539. The van der Waals surface area contributed by atoms with Crippen molar-refractivity contribution in [1.29, 1.82) is 0 Å². The van der Waals surface area contributed by atoms with E-state index in [1.54, 1.807) is 11.3 Å². The quantitative estimate of drug-likeness (QED) is 0.405. The maximum Gasteiger partial charge on any atom is 0.274 e. The Hall–Kier alpha value is -2.76. The van der Waals surface area contributed by atoms with Gasteiger partial charge in [0.15, 0.2) is 0 Å². The number of fused-ring (bicyclic) bond motifs is 1. The van der Waals surface area contributed by atoms with Crippen molar-refractivity contribution in [2.24, 2.45) is 0 Å². The van der Waals surface area contributed by atoms with E-state index >= 15 is 0 Å². The van der Waals surface area contributed by atoms with Gasteiger partial charge in [0.2, 0.25) is 0 Å². The third-order valence-corrected chi connectivity index (χ3v) is 7.40. The van der Waals surface area contributed by atoms with E-state index in [4.69, 9.17) is 5.10 Å². The van der Waals surface area contributed by atoms with E-state index in [1.165, 1.54) is 10.4 Å². The number of aromatic nitrogens is 2. The van der Waals surface area contributed by atoms with Crippen LogP contribution in [0.5, 0.6) is 0 Å². The minimum Gasteiger partial charge on any atom is -0.303 e. The third kappa shape index (κ3) is 4.69. The Morgan fingerprint density at radius 1 is 0.906 bits per heavy atom. The van der Waals surface area contributed by atoms with Crippen LogP contribution in [0.4, 0.5) is 0 Å². The molecule has 0 radical (unpaired) electrons. The summed E-state index contributed by atoms with van der Waals surface area (Å²) in [5.41, 5.74) is 2.45. The lowest BCUT2D eigenvalue weighted by Crippen LogP contribution is -2.30. The van der Waals surface area contributed by atoms with Gasteiger partial charge in [0, 0.05) is 29.8 Å². The van der Waals surface area contributed by atoms with Crippen LogP contribution in [-0.4, -0.2) is 34.3 Å². The van der Waals surface area contributed by atoms with Crippen LogP contribution in [0.3, 0.4) is 0 Å². The van der Waals surface area contributed by atoms with Crippen molar-refractivity contribution in [1.82, 2.24) is 14.7 Å². The fourth-order valence-corrected chi connectivity index (χ4v) is 5.48. The molecule has 0 spiro atoms. The zero-order chi connectivity index (χ0) is 21.8. The average molecular weight is 444 g/mol. The molecular formula is C27H29N3OS. The van der Waals surface area contributed by atoms with Crippen molar-refractivity contribution in [2.45, 2.75) is 38.1 Å². The lowest BCUT2D eigenvalue weighted by Gasteiger charge is -2.21. The van der Waals surface area contributed by atoms with Gasteiger partial charge in [-0.1, -0.05) is 54.6 Å². The van der Waals surface area contributed by atoms with Gasteiger partial charge in [-0.15, -0.1) is 11.3 Å². The molecule has 0 saturated carbocycles. The SMILES string of the molecule is O=c1c2ccccc2c(Cc2cccs2)nn1C1CCCN(CCc2ccccc2)CC1. The molecule has 164 valence electrons. The molecule has 4 nitrogen and oxygen atoms in total. The first kappa shape index (κ1) is 21.1. The highest BCUT2D eigenvalue weighted by Crippen LogP contribution is 2.24. The first-order chi connectivity index (χ1) is 15.8. The second kappa shape index (κ2) is 9.80. The molecule has 0 aliphatic carbocycles. The van der Waals surface area contributed by atoms with Crippen LogP contribution in [0, 0.1) is 0 Å². The molecule has 32 heavy (non-hydrogen) atoms. The average Bonchev–Trinajstić information content (AvgIpc) is 3.24. The Labute approximate surface area is 193 Å². The highest BCUT2D eigenvalue weighted by Gasteiger charge is 2.22. The second-order valence-electron chi connectivity index (χ2n) is 8.66. The van der Waals surface area contributed by atoms with Crippen molar-refractivity contribution in [3.05, 3.63) is 98.6 Å². The van der Waals surface area contributed by atoms with E-state index in [-0.39, 0.29) is 11.6 Å². The van der Waals surface area contributed by atoms with Crippen molar-refractivity contribution in [2.75, 3.05) is 19.6 Å². The fraction of sp³-hybridized carbons (Fsp3) is 0.333. The zero-order valence-electron chi connectivity index (χ0n) is 18.3. The van der Waals surface area contributed by atoms with Gasteiger partial charge in [0.1, 0.15) is 0 Å². The van der Waals surface area contributed by atoms with Crippen molar-refractivity contribution >= 4 is 22.1 Å². The third-order valence-electron chi connectivity index (χ3n) is 6.52. The van der Waals surface area contributed by atoms with Crippen molar-refractivity contribution < 1.29 is 0 Å². The van der Waals surface area contributed by atoms with Crippen molar-refractivity contribution in [3.63, 3.8) is 0 Å². The first-order valence-corrected chi connectivity index (χ1v) is 12.4. The monoisotopic (exact) mass is 443 g/mol. The molecule has 4 aromatic rings. The molecule has 1 saturated heterocycles. The van der Waals surface area contributed by atoms with Crippen LogP contribution < -0.4 is 5.56 Å². The lowest BCUT2D eigenvalue weighted by molar-refractivity contribution is 0.281. The molecule has 2 aromatic heterocycles. The van der Waals surface area contributed by atoms with Gasteiger partial charge in [-0.05, 0) is 55.3 Å². The largest absolute Gasteiger partial charge is 0.303 e. The molecule has 0 bridgehead atoms. The van der Waals surface area contributed by atoms with Gasteiger partial charge in [0.05, 0.1) is 17.1 Å². The zero-order valence-corrected chi connectivity index (χ0v) is 19.1. The van der Waals surface area contributed by atoms with Gasteiger partial charge in [-0.2, -0.15) is 5.10 Å². The normalized spacial score (nSPS) is 17.4. The van der Waals surface area contributed by atoms with E-state index in [1.807, 2.05) is 28.9 Å². The minimum absolute atomic E-state index is 0.0539. The summed E-state index contributed by atoms with van der Waals surface area (Å²) in [6.07, 6.45) is 4.92. The number of rotatable bonds is 6. The molecule has 0 N–H and O–H groups in total. The van der Waals surface area contributed by atoms with E-state index in [0.29, 0.717) is 0 Å². The van der Waals surface area contributed by atoms with Gasteiger partial charge in [-0.25, -0.2) is 4.68 Å². The van der Waals surface area contributed by atoms with E-state index in [2.05, 4.69) is 52.7 Å². The molecule has 1 atom stereocenters. The van der Waals surface area contributed by atoms with E-state index < -0.39 is 0 Å². The maximum absolute atomic E-state index is 13.4. The Bertz CT molecular complexity index is 1220. The number of nitrogens with zero attached hydrogens (tertiary/aromatic N) is 3. The van der Waals surface area contributed by atoms with Crippen LogP contribution in [0.1, 0.15) is 41.4 Å². The summed E-state index contributed by atoms with van der Waals surface area (Å²) >= 11 is 1.75. The number of benzene rings is 2. The van der Waals surface area contributed by atoms with Crippen molar-refractivity contribution in [3.8, 4) is 0 Å². The summed E-state index contributed by atoms with van der Waals surface area (Å²) in [6, 6.07) is 23.0. The lowest BCUT2D eigenvalue weighted by atomic mass is 10.1. The molecule has 1 fully saturated rings. The summed E-state index contributed by atoms with van der Waals surface area (Å²) < 4.78 is 1.81. The molecule has 1 aliphatic heterocycles. The summed E-state index contributed by atoms with van der Waals surface area (Å²) in [5.74, 6) is 0. The Balaban J connectivity index is 1.37. The highest BCUT2D eigenvalue weighted by atomic mass is 32.1. The van der Waals surface area contributed by atoms with Gasteiger partial charge >= 0.3 is 0 Å². The fourth-order valence-electron chi connectivity index (χ4n) is 4.77. The predicted molar refractivity (Wildman–Crippen MR) is 133 cm³/mol. The van der Waals surface area contributed by atoms with E-state index in [9.17, 15) is 4.79 Å². The van der Waals surface area contributed by atoms with Crippen LogP contribution in [0.15, 0.2) is 76.9 Å². The maximum atomic E-state index is 13.4.